The van der Waals surface area contributed by atoms with Gasteiger partial charge in [0.2, 0.25) is 0 Å². The summed E-state index contributed by atoms with van der Waals surface area (Å²) in [6.45, 7) is 1.88. The molecule has 0 unspecified atom stereocenters. The van der Waals surface area contributed by atoms with Crippen molar-refractivity contribution in [2.45, 2.75) is 6.92 Å². The van der Waals surface area contributed by atoms with E-state index in [9.17, 15) is 0 Å². The molecule has 2 aromatic carbocycles. The predicted molar refractivity (Wildman–Crippen MR) is 78.0 cm³/mol. The number of anilines is 2. The van der Waals surface area contributed by atoms with Crippen molar-refractivity contribution in [3.8, 4) is 12.1 Å². The molecule has 0 atom stereocenters. The average Bonchev–Trinajstić information content (AvgIpc) is 2.39. The van der Waals surface area contributed by atoms with E-state index in [1.165, 1.54) is 0 Å². The second-order valence-electron chi connectivity index (χ2n) is 4.07. The Morgan fingerprint density at radius 2 is 1.68 bits per heavy atom. The van der Waals surface area contributed by atoms with Crippen LogP contribution in [0.1, 0.15) is 16.7 Å². The van der Waals surface area contributed by atoms with Crippen molar-refractivity contribution in [1.29, 1.82) is 10.5 Å². The molecule has 2 aromatic rings. The fourth-order valence-corrected chi connectivity index (χ4v) is 2.10. The van der Waals surface area contributed by atoms with Crippen molar-refractivity contribution in [3.05, 3.63) is 57.6 Å². The van der Waals surface area contributed by atoms with E-state index >= 15 is 0 Å². The third kappa shape index (κ3) is 2.93. The molecular formula is C15H10BrN3. The number of nitrogens with zero attached hydrogens (tertiary/aromatic N) is 2. The minimum Gasteiger partial charge on any atom is -0.354 e. The van der Waals surface area contributed by atoms with Crippen LogP contribution in [0.25, 0.3) is 0 Å². The Hall–Kier alpha value is -2.30. The quantitative estimate of drug-likeness (QED) is 0.902. The van der Waals surface area contributed by atoms with Crippen LogP contribution < -0.4 is 5.32 Å². The van der Waals surface area contributed by atoms with E-state index in [4.69, 9.17) is 10.5 Å². The number of aryl methyl sites for hydroxylation is 1. The highest BCUT2D eigenvalue weighted by Crippen LogP contribution is 2.25. The SMILES string of the molecule is Cc1cc(Nc2cc(Br)ccc2C#N)ccc1C#N. The van der Waals surface area contributed by atoms with Crippen LogP contribution in [0.3, 0.4) is 0 Å². The molecule has 0 saturated heterocycles. The number of nitriles is 2. The highest BCUT2D eigenvalue weighted by atomic mass is 79.9. The molecule has 0 spiro atoms. The Labute approximate surface area is 120 Å². The minimum absolute atomic E-state index is 0.574. The minimum atomic E-state index is 0.574. The zero-order valence-electron chi connectivity index (χ0n) is 10.2. The summed E-state index contributed by atoms with van der Waals surface area (Å²) in [7, 11) is 0. The molecule has 0 aliphatic rings. The summed E-state index contributed by atoms with van der Waals surface area (Å²) in [6, 6.07) is 15.2. The normalized spacial score (nSPS) is 9.47. The summed E-state index contributed by atoms with van der Waals surface area (Å²) in [5.74, 6) is 0. The lowest BCUT2D eigenvalue weighted by atomic mass is 10.1. The summed E-state index contributed by atoms with van der Waals surface area (Å²) in [6.07, 6.45) is 0. The number of hydrogen-bond acceptors (Lipinski definition) is 3. The van der Waals surface area contributed by atoms with Crippen molar-refractivity contribution >= 4 is 27.3 Å². The lowest BCUT2D eigenvalue weighted by Crippen LogP contribution is -1.95. The van der Waals surface area contributed by atoms with Gasteiger partial charge in [-0.1, -0.05) is 15.9 Å². The molecule has 19 heavy (non-hydrogen) atoms. The molecule has 0 amide bonds. The fourth-order valence-electron chi connectivity index (χ4n) is 1.74. The van der Waals surface area contributed by atoms with Gasteiger partial charge in [-0.2, -0.15) is 10.5 Å². The molecular weight excluding hydrogens is 302 g/mol. The van der Waals surface area contributed by atoms with Crippen molar-refractivity contribution in [1.82, 2.24) is 0 Å². The molecule has 0 saturated carbocycles. The van der Waals surface area contributed by atoms with Gasteiger partial charge in [-0.25, -0.2) is 0 Å². The van der Waals surface area contributed by atoms with Crippen LogP contribution in [-0.2, 0) is 0 Å². The first-order chi connectivity index (χ1) is 9.13. The average molecular weight is 312 g/mol. The Balaban J connectivity index is 2.37. The summed E-state index contributed by atoms with van der Waals surface area (Å²) in [4.78, 5) is 0. The van der Waals surface area contributed by atoms with Crippen molar-refractivity contribution in [3.63, 3.8) is 0 Å². The van der Waals surface area contributed by atoms with E-state index in [0.29, 0.717) is 11.1 Å². The zero-order chi connectivity index (χ0) is 13.8. The molecule has 0 aliphatic carbocycles. The topological polar surface area (TPSA) is 59.6 Å². The Morgan fingerprint density at radius 3 is 2.32 bits per heavy atom. The van der Waals surface area contributed by atoms with Crippen LogP contribution >= 0.6 is 15.9 Å². The largest absolute Gasteiger partial charge is 0.354 e. The van der Waals surface area contributed by atoms with Gasteiger partial charge < -0.3 is 5.32 Å². The summed E-state index contributed by atoms with van der Waals surface area (Å²) in [5.41, 5.74) is 3.72. The van der Waals surface area contributed by atoms with Crippen molar-refractivity contribution in [2.75, 3.05) is 5.32 Å². The molecule has 1 N–H and O–H groups in total. The fraction of sp³-hybridized carbons (Fsp3) is 0.0667. The molecule has 0 aliphatic heterocycles. The third-order valence-electron chi connectivity index (χ3n) is 2.73. The number of halogens is 1. The molecule has 2 rings (SSSR count). The van der Waals surface area contributed by atoms with Crippen LogP contribution in [-0.4, -0.2) is 0 Å². The van der Waals surface area contributed by atoms with Crippen molar-refractivity contribution < 1.29 is 0 Å². The smallest absolute Gasteiger partial charge is 0.101 e. The molecule has 0 aromatic heterocycles. The highest BCUT2D eigenvalue weighted by Gasteiger charge is 2.04. The lowest BCUT2D eigenvalue weighted by molar-refractivity contribution is 1.38. The first kappa shape index (κ1) is 13.1. The van der Waals surface area contributed by atoms with Gasteiger partial charge in [0.15, 0.2) is 0 Å². The van der Waals surface area contributed by atoms with Crippen LogP contribution in [0.5, 0.6) is 0 Å². The second-order valence-corrected chi connectivity index (χ2v) is 4.98. The number of hydrogen-bond donors (Lipinski definition) is 1. The number of benzene rings is 2. The molecule has 0 radical (unpaired) electrons. The summed E-state index contributed by atoms with van der Waals surface area (Å²) < 4.78 is 0.902. The van der Waals surface area contributed by atoms with Gasteiger partial charge in [-0.05, 0) is 48.9 Å². The molecule has 0 bridgehead atoms. The molecule has 92 valence electrons. The summed E-state index contributed by atoms with van der Waals surface area (Å²) >= 11 is 3.38. The van der Waals surface area contributed by atoms with E-state index in [1.807, 2.05) is 31.2 Å². The van der Waals surface area contributed by atoms with Gasteiger partial charge in [0, 0.05) is 10.2 Å². The highest BCUT2D eigenvalue weighted by molar-refractivity contribution is 9.10. The van der Waals surface area contributed by atoms with Gasteiger partial charge >= 0.3 is 0 Å². The van der Waals surface area contributed by atoms with Crippen LogP contribution in [0.4, 0.5) is 11.4 Å². The monoisotopic (exact) mass is 311 g/mol. The van der Waals surface area contributed by atoms with E-state index in [1.54, 1.807) is 12.1 Å². The third-order valence-corrected chi connectivity index (χ3v) is 3.22. The van der Waals surface area contributed by atoms with Crippen LogP contribution in [0.2, 0.25) is 0 Å². The van der Waals surface area contributed by atoms with Gasteiger partial charge in [-0.3, -0.25) is 0 Å². The standard InChI is InChI=1S/C15H10BrN3/c1-10-6-14(5-3-11(10)8-17)19-15-7-13(16)4-2-12(15)9-18/h2-7,19H,1H3. The first-order valence-corrected chi connectivity index (χ1v) is 6.41. The van der Waals surface area contributed by atoms with Gasteiger partial charge in [0.05, 0.1) is 22.9 Å². The van der Waals surface area contributed by atoms with Crippen molar-refractivity contribution in [2.24, 2.45) is 0 Å². The Morgan fingerprint density at radius 1 is 1.00 bits per heavy atom. The van der Waals surface area contributed by atoms with E-state index < -0.39 is 0 Å². The molecule has 4 heteroatoms. The van der Waals surface area contributed by atoms with Gasteiger partial charge in [0.25, 0.3) is 0 Å². The van der Waals surface area contributed by atoms with E-state index in [-0.39, 0.29) is 0 Å². The summed E-state index contributed by atoms with van der Waals surface area (Å²) in [5, 5.41) is 21.2. The maximum Gasteiger partial charge on any atom is 0.101 e. The number of rotatable bonds is 2. The van der Waals surface area contributed by atoms with Gasteiger partial charge in [0.1, 0.15) is 6.07 Å². The van der Waals surface area contributed by atoms with Gasteiger partial charge in [-0.15, -0.1) is 0 Å². The van der Waals surface area contributed by atoms with Crippen LogP contribution in [0, 0.1) is 29.6 Å². The predicted octanol–water partition coefficient (Wildman–Crippen LogP) is 4.24. The van der Waals surface area contributed by atoms with E-state index in [2.05, 4.69) is 33.4 Å². The lowest BCUT2D eigenvalue weighted by Gasteiger charge is -2.10. The van der Waals surface area contributed by atoms with E-state index in [0.717, 1.165) is 21.4 Å². The molecule has 0 fully saturated rings. The second kappa shape index (κ2) is 5.56. The maximum atomic E-state index is 9.08. The van der Waals surface area contributed by atoms with Crippen LogP contribution in [0.15, 0.2) is 40.9 Å². The first-order valence-electron chi connectivity index (χ1n) is 5.61. The Bertz CT molecular complexity index is 708. The number of nitrogens with one attached hydrogen (secondary N) is 1. The molecule has 3 nitrogen and oxygen atoms in total. The zero-order valence-corrected chi connectivity index (χ0v) is 11.8. The Kier molecular flexibility index (Phi) is 3.85. The maximum absolute atomic E-state index is 9.08. The molecule has 0 heterocycles.